The van der Waals surface area contributed by atoms with Crippen molar-refractivity contribution in [1.82, 2.24) is 14.9 Å². The number of amides is 1. The SMILES string of the molecule is O=C(CN1CCC(c2nc3ccccc3o2)CC1)Nc1nc(-c2cccc([N+](=O)[O-])c2)cs1. The highest BCUT2D eigenvalue weighted by atomic mass is 32.1. The Balaban J connectivity index is 1.15. The van der Waals surface area contributed by atoms with Gasteiger partial charge in [0.15, 0.2) is 16.6 Å². The summed E-state index contributed by atoms with van der Waals surface area (Å²) >= 11 is 1.30. The molecule has 1 N–H and O–H groups in total. The van der Waals surface area contributed by atoms with Crippen LogP contribution in [0.3, 0.4) is 0 Å². The van der Waals surface area contributed by atoms with Gasteiger partial charge in [-0.05, 0) is 38.1 Å². The largest absolute Gasteiger partial charge is 0.440 e. The minimum Gasteiger partial charge on any atom is -0.440 e. The molecule has 0 aliphatic carbocycles. The third-order valence-corrected chi connectivity index (χ3v) is 6.48. The Bertz CT molecular complexity index is 1280. The van der Waals surface area contributed by atoms with Crippen LogP contribution in [-0.2, 0) is 4.79 Å². The number of nitrogens with one attached hydrogen (secondary N) is 1. The molecule has 2 aromatic carbocycles. The van der Waals surface area contributed by atoms with E-state index >= 15 is 0 Å². The Labute approximate surface area is 193 Å². The fraction of sp³-hybridized carbons (Fsp3) is 0.261. The molecule has 1 saturated heterocycles. The van der Waals surface area contributed by atoms with E-state index in [9.17, 15) is 14.9 Å². The fourth-order valence-electron chi connectivity index (χ4n) is 4.01. The highest BCUT2D eigenvalue weighted by molar-refractivity contribution is 7.14. The number of anilines is 1. The summed E-state index contributed by atoms with van der Waals surface area (Å²) < 4.78 is 5.91. The topological polar surface area (TPSA) is 114 Å². The molecular formula is C23H21N5O4S. The van der Waals surface area contributed by atoms with Gasteiger partial charge in [0, 0.05) is 29.0 Å². The molecule has 9 nitrogen and oxygen atoms in total. The van der Waals surface area contributed by atoms with Gasteiger partial charge in [-0.2, -0.15) is 0 Å². The molecule has 0 unspecified atom stereocenters. The molecule has 3 heterocycles. The summed E-state index contributed by atoms with van der Waals surface area (Å²) in [7, 11) is 0. The summed E-state index contributed by atoms with van der Waals surface area (Å²) in [6, 6.07) is 14.1. The first-order valence-corrected chi connectivity index (χ1v) is 11.5. The molecular weight excluding hydrogens is 442 g/mol. The average Bonchev–Trinajstić information content (AvgIpc) is 3.47. The van der Waals surface area contributed by atoms with E-state index in [1.807, 2.05) is 24.3 Å². The summed E-state index contributed by atoms with van der Waals surface area (Å²) in [4.78, 5) is 34.2. The number of likely N-dealkylation sites (tertiary alicyclic amines) is 1. The highest BCUT2D eigenvalue weighted by Crippen LogP contribution is 2.30. The van der Waals surface area contributed by atoms with Gasteiger partial charge in [0.2, 0.25) is 5.91 Å². The molecule has 5 rings (SSSR count). The van der Waals surface area contributed by atoms with Crippen molar-refractivity contribution in [2.75, 3.05) is 25.0 Å². The zero-order chi connectivity index (χ0) is 22.8. The number of thiazole rings is 1. The standard InChI is InChI=1S/C23H21N5O4S/c29-21(26-23-25-19(14-33-23)16-4-3-5-17(12-16)28(30)31)13-27-10-8-15(9-11-27)22-24-18-6-1-2-7-20(18)32-22/h1-7,12,14-15H,8-11,13H2,(H,25,26,29). The quantitative estimate of drug-likeness (QED) is 0.326. The van der Waals surface area contributed by atoms with E-state index in [0.29, 0.717) is 16.4 Å². The number of carbonyl (C=O) groups excluding carboxylic acids is 1. The second kappa shape index (κ2) is 9.08. The summed E-state index contributed by atoms with van der Waals surface area (Å²) in [5.74, 6) is 0.903. The molecule has 0 radical (unpaired) electrons. The van der Waals surface area contributed by atoms with Gasteiger partial charge in [-0.3, -0.25) is 19.8 Å². The molecule has 0 saturated carbocycles. The number of nitro benzene ring substituents is 1. The van der Waals surface area contributed by atoms with Gasteiger partial charge in [0.05, 0.1) is 17.2 Å². The van der Waals surface area contributed by atoms with Crippen LogP contribution in [0.2, 0.25) is 0 Å². The van der Waals surface area contributed by atoms with Crippen molar-refractivity contribution >= 4 is 39.2 Å². The molecule has 0 bridgehead atoms. The van der Waals surface area contributed by atoms with Crippen LogP contribution in [0.5, 0.6) is 0 Å². The van der Waals surface area contributed by atoms with Crippen LogP contribution >= 0.6 is 11.3 Å². The first-order chi connectivity index (χ1) is 16.0. The number of non-ortho nitro benzene ring substituents is 1. The second-order valence-corrected chi connectivity index (χ2v) is 8.82. The fourth-order valence-corrected chi connectivity index (χ4v) is 4.74. The number of aromatic nitrogens is 2. The van der Waals surface area contributed by atoms with Crippen molar-refractivity contribution in [2.45, 2.75) is 18.8 Å². The van der Waals surface area contributed by atoms with Crippen LogP contribution in [-0.4, -0.2) is 45.3 Å². The van der Waals surface area contributed by atoms with E-state index in [1.54, 1.807) is 17.5 Å². The van der Waals surface area contributed by atoms with Gasteiger partial charge in [0.1, 0.15) is 5.52 Å². The Morgan fingerprint density at radius 1 is 1.18 bits per heavy atom. The number of para-hydroxylation sites is 2. The number of carbonyl (C=O) groups is 1. The number of oxazole rings is 1. The highest BCUT2D eigenvalue weighted by Gasteiger charge is 2.26. The van der Waals surface area contributed by atoms with Crippen LogP contribution in [0.15, 0.2) is 58.3 Å². The first kappa shape index (κ1) is 21.2. The Hall–Kier alpha value is -3.63. The van der Waals surface area contributed by atoms with E-state index in [-0.39, 0.29) is 24.1 Å². The summed E-state index contributed by atoms with van der Waals surface area (Å²) in [6.45, 7) is 1.85. The predicted octanol–water partition coefficient (Wildman–Crippen LogP) is 4.68. The number of piperidine rings is 1. The molecule has 0 atom stereocenters. The summed E-state index contributed by atoms with van der Waals surface area (Å²) in [6.07, 6.45) is 1.77. The van der Waals surface area contributed by atoms with Crippen molar-refractivity contribution in [3.8, 4) is 11.3 Å². The van der Waals surface area contributed by atoms with Crippen molar-refractivity contribution in [3.05, 3.63) is 69.9 Å². The molecule has 168 valence electrons. The normalized spacial score (nSPS) is 15.0. The third kappa shape index (κ3) is 4.76. The van der Waals surface area contributed by atoms with Crippen LogP contribution in [0, 0.1) is 10.1 Å². The minimum atomic E-state index is -0.438. The van der Waals surface area contributed by atoms with E-state index in [2.05, 4.69) is 20.2 Å². The van der Waals surface area contributed by atoms with Crippen LogP contribution in [0.4, 0.5) is 10.8 Å². The number of fused-ring (bicyclic) bond motifs is 1. The number of hydrogen-bond acceptors (Lipinski definition) is 8. The van der Waals surface area contributed by atoms with E-state index in [4.69, 9.17) is 4.42 Å². The Kier molecular flexibility index (Phi) is 5.84. The maximum absolute atomic E-state index is 12.5. The lowest BCUT2D eigenvalue weighted by Gasteiger charge is -2.29. The smallest absolute Gasteiger partial charge is 0.270 e. The summed E-state index contributed by atoms with van der Waals surface area (Å²) in [5, 5.41) is 16.1. The van der Waals surface area contributed by atoms with E-state index in [1.165, 1.54) is 23.5 Å². The van der Waals surface area contributed by atoms with Gasteiger partial charge in [-0.25, -0.2) is 9.97 Å². The third-order valence-electron chi connectivity index (χ3n) is 5.72. The lowest BCUT2D eigenvalue weighted by molar-refractivity contribution is -0.384. The maximum Gasteiger partial charge on any atom is 0.270 e. The zero-order valence-electron chi connectivity index (χ0n) is 17.6. The predicted molar refractivity (Wildman–Crippen MR) is 125 cm³/mol. The first-order valence-electron chi connectivity index (χ1n) is 10.6. The molecule has 10 heteroatoms. The number of benzene rings is 2. The zero-order valence-corrected chi connectivity index (χ0v) is 18.5. The van der Waals surface area contributed by atoms with E-state index < -0.39 is 4.92 Å². The summed E-state index contributed by atoms with van der Waals surface area (Å²) in [5.41, 5.74) is 2.93. The van der Waals surface area contributed by atoms with Gasteiger partial charge < -0.3 is 9.73 Å². The number of nitrogens with zero attached hydrogens (tertiary/aromatic N) is 4. The Morgan fingerprint density at radius 3 is 2.79 bits per heavy atom. The van der Waals surface area contributed by atoms with Crippen molar-refractivity contribution in [1.29, 1.82) is 0 Å². The van der Waals surface area contributed by atoms with Crippen LogP contribution < -0.4 is 5.32 Å². The van der Waals surface area contributed by atoms with E-state index in [0.717, 1.165) is 42.9 Å². The van der Waals surface area contributed by atoms with Gasteiger partial charge >= 0.3 is 0 Å². The van der Waals surface area contributed by atoms with Crippen molar-refractivity contribution in [3.63, 3.8) is 0 Å². The molecule has 1 aliphatic heterocycles. The Morgan fingerprint density at radius 2 is 2.00 bits per heavy atom. The molecule has 33 heavy (non-hydrogen) atoms. The number of rotatable bonds is 6. The van der Waals surface area contributed by atoms with Gasteiger partial charge in [0.25, 0.3) is 5.69 Å². The van der Waals surface area contributed by atoms with Crippen molar-refractivity contribution in [2.24, 2.45) is 0 Å². The van der Waals surface area contributed by atoms with Crippen LogP contribution in [0.1, 0.15) is 24.7 Å². The number of nitro groups is 1. The minimum absolute atomic E-state index is 0.00679. The average molecular weight is 464 g/mol. The monoisotopic (exact) mass is 463 g/mol. The molecule has 1 fully saturated rings. The second-order valence-electron chi connectivity index (χ2n) is 7.96. The molecule has 0 spiro atoms. The lowest BCUT2D eigenvalue weighted by Crippen LogP contribution is -2.38. The molecule has 2 aromatic heterocycles. The maximum atomic E-state index is 12.5. The van der Waals surface area contributed by atoms with Crippen LogP contribution in [0.25, 0.3) is 22.4 Å². The molecule has 1 amide bonds. The number of hydrogen-bond donors (Lipinski definition) is 1. The lowest BCUT2D eigenvalue weighted by atomic mass is 9.97. The molecule has 4 aromatic rings. The van der Waals surface area contributed by atoms with Crippen molar-refractivity contribution < 1.29 is 14.1 Å². The molecule has 1 aliphatic rings. The van der Waals surface area contributed by atoms with Gasteiger partial charge in [-0.15, -0.1) is 11.3 Å². The van der Waals surface area contributed by atoms with Gasteiger partial charge in [-0.1, -0.05) is 24.3 Å².